The van der Waals surface area contributed by atoms with Crippen LogP contribution in [0.4, 0.5) is 0 Å². The van der Waals surface area contributed by atoms with Gasteiger partial charge in [0, 0.05) is 19.5 Å². The summed E-state index contributed by atoms with van der Waals surface area (Å²) in [5, 5.41) is 9.24. The van der Waals surface area contributed by atoms with E-state index >= 15 is 0 Å². The van der Waals surface area contributed by atoms with Gasteiger partial charge in [0.25, 0.3) is 0 Å². The maximum atomic E-state index is 12.6. The van der Waals surface area contributed by atoms with E-state index in [-0.39, 0.29) is 12.5 Å². The van der Waals surface area contributed by atoms with Crippen molar-refractivity contribution < 1.29 is 9.90 Å². The maximum absolute atomic E-state index is 12.6. The van der Waals surface area contributed by atoms with Gasteiger partial charge in [-0.3, -0.25) is 4.79 Å². The number of rotatable bonds is 4. The average Bonchev–Trinajstić information content (AvgIpc) is 2.72. The zero-order valence-corrected chi connectivity index (χ0v) is 12.9. The van der Waals surface area contributed by atoms with Crippen LogP contribution in [0, 0.1) is 0 Å². The summed E-state index contributed by atoms with van der Waals surface area (Å²) < 4.78 is 1.96. The van der Waals surface area contributed by atoms with Crippen LogP contribution in [-0.4, -0.2) is 45.2 Å². The predicted octanol–water partition coefficient (Wildman–Crippen LogP) is 1.97. The van der Waals surface area contributed by atoms with Gasteiger partial charge in [0.05, 0.1) is 17.6 Å². The second-order valence-electron chi connectivity index (χ2n) is 5.87. The molecule has 1 aromatic carbocycles. The van der Waals surface area contributed by atoms with Crippen molar-refractivity contribution in [3.63, 3.8) is 0 Å². The number of para-hydroxylation sites is 2. The molecule has 0 saturated carbocycles. The van der Waals surface area contributed by atoms with E-state index in [0.29, 0.717) is 13.0 Å². The van der Waals surface area contributed by atoms with Crippen molar-refractivity contribution in [3.8, 4) is 0 Å². The number of benzene rings is 1. The molecule has 0 aliphatic carbocycles. The first-order valence-electron chi connectivity index (χ1n) is 8.12. The lowest BCUT2D eigenvalue weighted by Crippen LogP contribution is -2.35. The van der Waals surface area contributed by atoms with Gasteiger partial charge in [0.15, 0.2) is 0 Å². The first-order valence-corrected chi connectivity index (χ1v) is 8.12. The minimum Gasteiger partial charge on any atom is -0.396 e. The van der Waals surface area contributed by atoms with Crippen LogP contribution in [0.5, 0.6) is 0 Å². The fourth-order valence-corrected chi connectivity index (χ4v) is 3.15. The highest BCUT2D eigenvalue weighted by atomic mass is 16.3. The van der Waals surface area contributed by atoms with E-state index in [0.717, 1.165) is 42.8 Å². The highest BCUT2D eigenvalue weighted by Crippen LogP contribution is 2.17. The number of aliphatic hydroxyl groups excluding tert-OH is 1. The average molecular weight is 301 g/mol. The second kappa shape index (κ2) is 6.92. The number of carbonyl (C=O) groups excluding carboxylic acids is 1. The molecule has 2 heterocycles. The van der Waals surface area contributed by atoms with Crippen LogP contribution in [0.1, 0.15) is 31.5 Å². The molecule has 0 bridgehead atoms. The lowest BCUT2D eigenvalue weighted by Gasteiger charge is -2.21. The molecule has 5 nitrogen and oxygen atoms in total. The number of imidazole rings is 1. The summed E-state index contributed by atoms with van der Waals surface area (Å²) in [4.78, 5) is 19.2. The SMILES string of the molecule is O=C(Cn1c(CCO)nc2ccccc21)N1CCCCCC1. The summed E-state index contributed by atoms with van der Waals surface area (Å²) in [5.74, 6) is 0.941. The van der Waals surface area contributed by atoms with Crippen molar-refractivity contribution in [3.05, 3.63) is 30.1 Å². The molecule has 22 heavy (non-hydrogen) atoms. The number of carbonyl (C=O) groups is 1. The Morgan fingerprint density at radius 1 is 1.14 bits per heavy atom. The molecule has 2 aromatic rings. The fourth-order valence-electron chi connectivity index (χ4n) is 3.15. The van der Waals surface area contributed by atoms with Gasteiger partial charge in [-0.15, -0.1) is 0 Å². The number of aromatic nitrogens is 2. The number of fused-ring (bicyclic) bond motifs is 1. The van der Waals surface area contributed by atoms with E-state index < -0.39 is 0 Å². The first kappa shape index (κ1) is 15.0. The molecule has 0 atom stereocenters. The summed E-state index contributed by atoms with van der Waals surface area (Å²) >= 11 is 0. The van der Waals surface area contributed by atoms with Crippen LogP contribution < -0.4 is 0 Å². The van der Waals surface area contributed by atoms with Gasteiger partial charge in [-0.25, -0.2) is 4.98 Å². The molecule has 1 amide bonds. The Morgan fingerprint density at radius 2 is 1.86 bits per heavy atom. The maximum Gasteiger partial charge on any atom is 0.242 e. The lowest BCUT2D eigenvalue weighted by atomic mass is 10.2. The summed E-state index contributed by atoms with van der Waals surface area (Å²) in [5.41, 5.74) is 1.85. The summed E-state index contributed by atoms with van der Waals surface area (Å²) in [6.07, 6.45) is 5.10. The van der Waals surface area contributed by atoms with Crippen molar-refractivity contribution in [1.82, 2.24) is 14.5 Å². The lowest BCUT2D eigenvalue weighted by molar-refractivity contribution is -0.131. The monoisotopic (exact) mass is 301 g/mol. The third-order valence-electron chi connectivity index (χ3n) is 4.32. The van der Waals surface area contributed by atoms with E-state index in [9.17, 15) is 9.90 Å². The Labute approximate surface area is 130 Å². The highest BCUT2D eigenvalue weighted by molar-refractivity contribution is 5.81. The zero-order chi connectivity index (χ0) is 15.4. The molecule has 118 valence electrons. The number of aliphatic hydroxyl groups is 1. The van der Waals surface area contributed by atoms with Crippen LogP contribution in [0.2, 0.25) is 0 Å². The molecular formula is C17H23N3O2. The van der Waals surface area contributed by atoms with Crippen molar-refractivity contribution in [2.45, 2.75) is 38.6 Å². The normalized spacial score (nSPS) is 16.0. The number of hydrogen-bond acceptors (Lipinski definition) is 3. The number of hydrogen-bond donors (Lipinski definition) is 1. The molecule has 0 radical (unpaired) electrons. The topological polar surface area (TPSA) is 58.4 Å². The van der Waals surface area contributed by atoms with Gasteiger partial charge < -0.3 is 14.6 Å². The smallest absolute Gasteiger partial charge is 0.242 e. The second-order valence-corrected chi connectivity index (χ2v) is 5.87. The van der Waals surface area contributed by atoms with Crippen molar-refractivity contribution in [1.29, 1.82) is 0 Å². The molecule has 1 aromatic heterocycles. The van der Waals surface area contributed by atoms with E-state index in [1.165, 1.54) is 12.8 Å². The predicted molar refractivity (Wildman–Crippen MR) is 85.6 cm³/mol. The first-order chi connectivity index (χ1) is 10.8. The Morgan fingerprint density at radius 3 is 2.59 bits per heavy atom. The molecule has 5 heteroatoms. The van der Waals surface area contributed by atoms with Gasteiger partial charge in [0.2, 0.25) is 5.91 Å². The highest BCUT2D eigenvalue weighted by Gasteiger charge is 2.19. The molecule has 1 saturated heterocycles. The summed E-state index contributed by atoms with van der Waals surface area (Å²) in [6.45, 7) is 2.08. The third-order valence-corrected chi connectivity index (χ3v) is 4.32. The fraction of sp³-hybridized carbons (Fsp3) is 0.529. The van der Waals surface area contributed by atoms with Crippen molar-refractivity contribution in [2.24, 2.45) is 0 Å². The molecule has 1 aliphatic rings. The molecule has 3 rings (SSSR count). The number of likely N-dealkylation sites (tertiary alicyclic amines) is 1. The molecular weight excluding hydrogens is 278 g/mol. The minimum absolute atomic E-state index is 0.0429. The Bertz CT molecular complexity index is 642. The molecule has 1 aliphatic heterocycles. The van der Waals surface area contributed by atoms with Gasteiger partial charge in [-0.2, -0.15) is 0 Å². The Balaban J connectivity index is 1.85. The van der Waals surface area contributed by atoms with Crippen LogP contribution >= 0.6 is 0 Å². The zero-order valence-electron chi connectivity index (χ0n) is 12.9. The van der Waals surface area contributed by atoms with Gasteiger partial charge in [-0.1, -0.05) is 25.0 Å². The van der Waals surface area contributed by atoms with E-state index in [4.69, 9.17) is 0 Å². The molecule has 0 unspecified atom stereocenters. The Hall–Kier alpha value is -1.88. The summed E-state index contributed by atoms with van der Waals surface area (Å²) in [7, 11) is 0. The van der Waals surface area contributed by atoms with Crippen LogP contribution in [0.25, 0.3) is 11.0 Å². The van der Waals surface area contributed by atoms with E-state index in [1.807, 2.05) is 33.7 Å². The molecule has 1 fully saturated rings. The van der Waals surface area contributed by atoms with Crippen molar-refractivity contribution in [2.75, 3.05) is 19.7 Å². The molecule has 0 spiro atoms. The van der Waals surface area contributed by atoms with E-state index in [2.05, 4.69) is 4.98 Å². The van der Waals surface area contributed by atoms with Crippen LogP contribution in [0.15, 0.2) is 24.3 Å². The number of nitrogens with zero attached hydrogens (tertiary/aromatic N) is 3. The standard InChI is InChI=1S/C17H23N3O2/c21-12-9-16-18-14-7-3-4-8-15(14)20(16)13-17(22)19-10-5-1-2-6-11-19/h3-4,7-8,21H,1-2,5-6,9-13H2. The van der Waals surface area contributed by atoms with E-state index in [1.54, 1.807) is 0 Å². The third kappa shape index (κ3) is 3.14. The van der Waals surface area contributed by atoms with Crippen LogP contribution in [0.3, 0.4) is 0 Å². The van der Waals surface area contributed by atoms with Gasteiger partial charge in [0.1, 0.15) is 12.4 Å². The minimum atomic E-state index is 0.0429. The van der Waals surface area contributed by atoms with Crippen LogP contribution in [-0.2, 0) is 17.8 Å². The van der Waals surface area contributed by atoms with Crippen molar-refractivity contribution >= 4 is 16.9 Å². The van der Waals surface area contributed by atoms with Gasteiger partial charge in [-0.05, 0) is 25.0 Å². The summed E-state index contributed by atoms with van der Waals surface area (Å²) in [6, 6.07) is 7.83. The number of amides is 1. The Kier molecular flexibility index (Phi) is 4.73. The molecule has 1 N–H and O–H groups in total. The quantitative estimate of drug-likeness (QED) is 0.939. The van der Waals surface area contributed by atoms with Gasteiger partial charge >= 0.3 is 0 Å². The largest absolute Gasteiger partial charge is 0.396 e.